The van der Waals surface area contributed by atoms with E-state index in [0.29, 0.717) is 9.34 Å². The molecule has 80 valence electrons. The average molecular weight is 262 g/mol. The Morgan fingerprint density at radius 1 is 1.60 bits per heavy atom. The summed E-state index contributed by atoms with van der Waals surface area (Å²) in [5, 5.41) is 0.461. The molecular weight excluding hydrogens is 254 g/mol. The Balaban J connectivity index is 2.58. The Bertz CT molecular complexity index is 386. The monoisotopic (exact) mass is 261 g/mol. The fourth-order valence-corrected chi connectivity index (χ4v) is 1.12. The van der Waals surface area contributed by atoms with Gasteiger partial charge in [-0.25, -0.2) is 0 Å². The lowest BCUT2D eigenvalue weighted by atomic mass is 10.3. The fraction of sp³-hybridized carbons (Fsp3) is 0.125. The van der Waals surface area contributed by atoms with Crippen LogP contribution in [-0.2, 0) is 0 Å². The fourth-order valence-electron chi connectivity index (χ4n) is 0.752. The summed E-state index contributed by atoms with van der Waals surface area (Å²) < 4.78 is 0.477. The van der Waals surface area contributed by atoms with E-state index in [2.05, 4.69) is 15.8 Å². The van der Waals surface area contributed by atoms with Crippen LogP contribution in [0.15, 0.2) is 18.3 Å². The topological polar surface area (TPSA) is 54.0 Å². The molecule has 0 aliphatic carbocycles. The van der Waals surface area contributed by atoms with Crippen LogP contribution >= 0.6 is 35.6 Å². The van der Waals surface area contributed by atoms with Gasteiger partial charge in [-0.05, 0) is 18.4 Å². The minimum absolute atomic E-state index is 0.235. The summed E-state index contributed by atoms with van der Waals surface area (Å²) in [5.41, 5.74) is 5.20. The highest BCUT2D eigenvalue weighted by atomic mass is 35.5. The molecule has 1 aromatic rings. The predicted molar refractivity (Wildman–Crippen MR) is 66.0 cm³/mol. The highest BCUT2D eigenvalue weighted by molar-refractivity contribution is 8.22. The molecule has 0 aliphatic rings. The van der Waals surface area contributed by atoms with Crippen molar-refractivity contribution in [2.24, 2.45) is 0 Å². The van der Waals surface area contributed by atoms with Crippen LogP contribution < -0.4 is 10.9 Å². The third kappa shape index (κ3) is 4.03. The summed E-state index contributed by atoms with van der Waals surface area (Å²) in [6.45, 7) is 0. The zero-order valence-corrected chi connectivity index (χ0v) is 10.2. The molecule has 1 amide bonds. The first kappa shape index (κ1) is 12.2. The van der Waals surface area contributed by atoms with Gasteiger partial charge >= 0.3 is 0 Å². The number of carbonyl (C=O) groups excluding carboxylic acids is 1. The number of hydrogen-bond donors (Lipinski definition) is 2. The summed E-state index contributed by atoms with van der Waals surface area (Å²) in [6.07, 6.45) is 3.27. The average Bonchev–Trinajstić information content (AvgIpc) is 2.25. The normalized spacial score (nSPS) is 9.47. The zero-order chi connectivity index (χ0) is 11.3. The van der Waals surface area contributed by atoms with E-state index in [9.17, 15) is 4.79 Å². The standard InChI is InChI=1S/C8H8ClN3OS2/c1-15-8(14)12-11-7(13)6-4-5(9)2-3-10-6/h2-4H,1H3,(H,11,13)(H,12,14). The van der Waals surface area contributed by atoms with Gasteiger partial charge in [0.25, 0.3) is 5.91 Å². The summed E-state index contributed by atoms with van der Waals surface area (Å²) in [4.78, 5) is 15.3. The first-order chi connectivity index (χ1) is 7.13. The molecule has 0 atom stereocenters. The van der Waals surface area contributed by atoms with Crippen LogP contribution in [0.2, 0.25) is 5.02 Å². The minimum Gasteiger partial charge on any atom is -0.283 e. The van der Waals surface area contributed by atoms with Gasteiger partial charge in [-0.2, -0.15) is 0 Å². The number of amides is 1. The molecule has 7 heteroatoms. The van der Waals surface area contributed by atoms with Crippen LogP contribution in [0.25, 0.3) is 0 Å². The molecule has 0 saturated heterocycles. The molecule has 0 aliphatic heterocycles. The predicted octanol–water partition coefficient (Wildman–Crippen LogP) is 1.62. The summed E-state index contributed by atoms with van der Waals surface area (Å²) >= 11 is 11.9. The van der Waals surface area contributed by atoms with Crippen LogP contribution in [0, 0.1) is 0 Å². The first-order valence-corrected chi connectivity index (χ1v) is 5.90. The maximum atomic E-state index is 11.5. The van der Waals surface area contributed by atoms with Crippen molar-refractivity contribution in [2.45, 2.75) is 0 Å². The van der Waals surface area contributed by atoms with Crippen molar-refractivity contribution in [2.75, 3.05) is 6.26 Å². The van der Waals surface area contributed by atoms with Crippen LogP contribution in [0.4, 0.5) is 0 Å². The van der Waals surface area contributed by atoms with Crippen LogP contribution in [0.5, 0.6) is 0 Å². The molecule has 0 spiro atoms. The van der Waals surface area contributed by atoms with Crippen LogP contribution in [0.3, 0.4) is 0 Å². The number of thioether (sulfide) groups is 1. The van der Waals surface area contributed by atoms with Crippen molar-refractivity contribution in [3.05, 3.63) is 29.0 Å². The van der Waals surface area contributed by atoms with Crippen molar-refractivity contribution >= 4 is 45.8 Å². The third-order valence-corrected chi connectivity index (χ3v) is 2.73. The second-order valence-electron chi connectivity index (χ2n) is 2.43. The van der Waals surface area contributed by atoms with Gasteiger partial charge < -0.3 is 0 Å². The van der Waals surface area contributed by atoms with E-state index in [1.54, 1.807) is 12.3 Å². The lowest BCUT2D eigenvalue weighted by Crippen LogP contribution is -2.39. The number of hydrazine groups is 1. The van der Waals surface area contributed by atoms with E-state index in [0.717, 1.165) is 0 Å². The van der Waals surface area contributed by atoms with Gasteiger partial charge in [-0.3, -0.25) is 20.6 Å². The Morgan fingerprint density at radius 3 is 2.93 bits per heavy atom. The number of hydrogen-bond acceptors (Lipinski definition) is 4. The lowest BCUT2D eigenvalue weighted by Gasteiger charge is -2.06. The highest BCUT2D eigenvalue weighted by Gasteiger charge is 2.06. The molecule has 0 fully saturated rings. The Hall–Kier alpha value is -0.850. The highest BCUT2D eigenvalue weighted by Crippen LogP contribution is 2.07. The number of nitrogens with one attached hydrogen (secondary N) is 2. The summed E-state index contributed by atoms with van der Waals surface area (Å²) in [7, 11) is 0. The first-order valence-electron chi connectivity index (χ1n) is 3.89. The Kier molecular flexibility index (Phi) is 4.80. The largest absolute Gasteiger partial charge is 0.288 e. The van der Waals surface area contributed by atoms with E-state index in [4.69, 9.17) is 23.8 Å². The van der Waals surface area contributed by atoms with Gasteiger partial charge in [0, 0.05) is 11.2 Å². The molecule has 1 rings (SSSR count). The molecule has 0 bridgehead atoms. The molecule has 2 N–H and O–H groups in total. The molecule has 1 aromatic heterocycles. The number of nitrogens with zero attached hydrogens (tertiary/aromatic N) is 1. The quantitative estimate of drug-likeness (QED) is 0.594. The molecule has 1 heterocycles. The number of thiocarbonyl (C=S) groups is 1. The summed E-state index contributed by atoms with van der Waals surface area (Å²) in [5.74, 6) is -0.381. The van der Waals surface area contributed by atoms with Gasteiger partial charge in [-0.15, -0.1) is 0 Å². The van der Waals surface area contributed by atoms with Crippen molar-refractivity contribution in [3.63, 3.8) is 0 Å². The third-order valence-electron chi connectivity index (χ3n) is 1.42. The van der Waals surface area contributed by atoms with Gasteiger partial charge in [0.1, 0.15) is 5.69 Å². The van der Waals surface area contributed by atoms with E-state index in [-0.39, 0.29) is 11.6 Å². The maximum Gasteiger partial charge on any atom is 0.288 e. The Labute approximate surface area is 102 Å². The number of rotatable bonds is 1. The minimum atomic E-state index is -0.381. The van der Waals surface area contributed by atoms with Crippen LogP contribution in [0.1, 0.15) is 10.5 Å². The lowest BCUT2D eigenvalue weighted by molar-refractivity contribution is 0.0939. The smallest absolute Gasteiger partial charge is 0.283 e. The van der Waals surface area contributed by atoms with Gasteiger partial charge in [0.05, 0.1) is 0 Å². The summed E-state index contributed by atoms with van der Waals surface area (Å²) in [6, 6.07) is 3.07. The van der Waals surface area contributed by atoms with E-state index >= 15 is 0 Å². The second-order valence-corrected chi connectivity index (χ2v) is 4.35. The van der Waals surface area contributed by atoms with E-state index in [1.807, 2.05) is 0 Å². The number of aromatic nitrogens is 1. The molecule has 4 nitrogen and oxygen atoms in total. The van der Waals surface area contributed by atoms with Crippen molar-refractivity contribution in [1.82, 2.24) is 15.8 Å². The van der Waals surface area contributed by atoms with Crippen LogP contribution in [-0.4, -0.2) is 21.5 Å². The number of pyridine rings is 1. The molecule has 0 saturated carbocycles. The molecular formula is C8H8ClN3OS2. The number of carbonyl (C=O) groups is 1. The maximum absolute atomic E-state index is 11.5. The van der Waals surface area contributed by atoms with Gasteiger partial charge in [0.15, 0.2) is 4.32 Å². The van der Waals surface area contributed by atoms with Crippen molar-refractivity contribution < 1.29 is 4.79 Å². The molecule has 0 radical (unpaired) electrons. The SMILES string of the molecule is CSC(=S)NNC(=O)c1cc(Cl)ccn1. The Morgan fingerprint density at radius 2 is 2.33 bits per heavy atom. The van der Waals surface area contributed by atoms with Crippen molar-refractivity contribution in [1.29, 1.82) is 0 Å². The number of halogens is 1. The van der Waals surface area contributed by atoms with Gasteiger partial charge in [0.2, 0.25) is 0 Å². The molecule has 15 heavy (non-hydrogen) atoms. The second kappa shape index (κ2) is 5.89. The van der Waals surface area contributed by atoms with E-state index < -0.39 is 0 Å². The van der Waals surface area contributed by atoms with E-state index in [1.165, 1.54) is 24.0 Å². The zero-order valence-electron chi connectivity index (χ0n) is 7.78. The van der Waals surface area contributed by atoms with Gasteiger partial charge in [-0.1, -0.05) is 35.6 Å². The molecule has 0 aromatic carbocycles. The molecule has 0 unspecified atom stereocenters. The van der Waals surface area contributed by atoms with Crippen molar-refractivity contribution in [3.8, 4) is 0 Å².